The minimum atomic E-state index is -3.66. The molecule has 0 aliphatic heterocycles. The smallest absolute Gasteiger partial charge is 0.232 e. The van der Waals surface area contributed by atoms with Crippen LogP contribution in [-0.4, -0.2) is 32.3 Å². The van der Waals surface area contributed by atoms with E-state index in [9.17, 15) is 12.8 Å². The van der Waals surface area contributed by atoms with Crippen LogP contribution in [0.1, 0.15) is 0 Å². The molecule has 10 heavy (non-hydrogen) atoms. The predicted octanol–water partition coefficient (Wildman–Crippen LogP) is 0.361. The van der Waals surface area contributed by atoms with Gasteiger partial charge in [-0.25, -0.2) is 12.8 Å². The highest BCUT2D eigenvalue weighted by atomic mass is 32.2. The lowest BCUT2D eigenvalue weighted by molar-refractivity contribution is 0.464. The van der Waals surface area contributed by atoms with Gasteiger partial charge in [-0.1, -0.05) is 6.08 Å². The molecule has 0 spiro atoms. The number of hydrogen-bond donors (Lipinski definition) is 0. The van der Waals surface area contributed by atoms with Crippen molar-refractivity contribution in [3.63, 3.8) is 0 Å². The van der Waals surface area contributed by atoms with Gasteiger partial charge in [0.15, 0.2) is 0 Å². The molecule has 60 valence electrons. The molecule has 0 aromatic rings. The number of alkyl halides is 1. The summed E-state index contributed by atoms with van der Waals surface area (Å²) in [5.74, 6) is 0. The van der Waals surface area contributed by atoms with Gasteiger partial charge in [-0.05, 0) is 0 Å². The molecule has 0 aromatic heterocycles. The number of likely N-dealkylation sites (N-methyl/N-ethyl adjacent to an activating group) is 1. The molecule has 0 radical (unpaired) electrons. The van der Waals surface area contributed by atoms with Gasteiger partial charge in [0.25, 0.3) is 0 Å². The standard InChI is InChI=1S/C5H10FNO2S/c1-3-4-7(2)10(8,9)5-6/h3H,1,4-5H2,2H3. The van der Waals surface area contributed by atoms with Crippen LogP contribution in [0.5, 0.6) is 0 Å². The summed E-state index contributed by atoms with van der Waals surface area (Å²) in [6.45, 7) is 3.46. The van der Waals surface area contributed by atoms with E-state index in [0.29, 0.717) is 0 Å². The number of rotatable bonds is 4. The Morgan fingerprint density at radius 3 is 2.50 bits per heavy atom. The van der Waals surface area contributed by atoms with Crippen molar-refractivity contribution in [1.82, 2.24) is 4.31 Å². The van der Waals surface area contributed by atoms with Gasteiger partial charge >= 0.3 is 0 Å². The maximum Gasteiger partial charge on any atom is 0.243 e. The molecule has 0 bridgehead atoms. The van der Waals surface area contributed by atoms with Gasteiger partial charge in [-0.3, -0.25) is 0 Å². The van der Waals surface area contributed by atoms with Crippen LogP contribution in [0.4, 0.5) is 4.39 Å². The summed E-state index contributed by atoms with van der Waals surface area (Å²) in [6.07, 6.45) is 1.40. The lowest BCUT2D eigenvalue weighted by Gasteiger charge is -2.10. The first-order chi connectivity index (χ1) is 4.54. The molecule has 0 atom stereocenters. The molecule has 0 heterocycles. The van der Waals surface area contributed by atoms with Crippen molar-refractivity contribution in [2.45, 2.75) is 0 Å². The van der Waals surface area contributed by atoms with Crippen molar-refractivity contribution in [2.24, 2.45) is 0 Å². The Kier molecular flexibility index (Phi) is 3.52. The zero-order chi connectivity index (χ0) is 8.20. The van der Waals surface area contributed by atoms with Gasteiger partial charge in [-0.15, -0.1) is 6.58 Å². The molecule has 3 nitrogen and oxygen atoms in total. The normalized spacial score (nSPS) is 11.9. The summed E-state index contributed by atoms with van der Waals surface area (Å²) in [6, 6.07) is -1.35. The molecule has 0 aliphatic carbocycles. The summed E-state index contributed by atoms with van der Waals surface area (Å²) in [7, 11) is -2.36. The largest absolute Gasteiger partial charge is 0.243 e. The zero-order valence-electron chi connectivity index (χ0n) is 5.75. The first kappa shape index (κ1) is 9.58. The Balaban J connectivity index is 4.19. The second kappa shape index (κ2) is 3.68. The maximum atomic E-state index is 11.7. The minimum absolute atomic E-state index is 0.145. The van der Waals surface area contributed by atoms with Gasteiger partial charge in [-0.2, -0.15) is 4.31 Å². The summed E-state index contributed by atoms with van der Waals surface area (Å²) in [5.41, 5.74) is 0. The van der Waals surface area contributed by atoms with E-state index in [1.807, 2.05) is 0 Å². The second-order valence-corrected chi connectivity index (χ2v) is 3.80. The third-order valence-electron chi connectivity index (χ3n) is 0.999. The fourth-order valence-corrected chi connectivity index (χ4v) is 0.878. The van der Waals surface area contributed by atoms with Crippen LogP contribution in [0.25, 0.3) is 0 Å². The Morgan fingerprint density at radius 2 is 2.20 bits per heavy atom. The maximum absolute atomic E-state index is 11.7. The van der Waals surface area contributed by atoms with Gasteiger partial charge < -0.3 is 0 Å². The lowest BCUT2D eigenvalue weighted by atomic mass is 10.6. The molecule has 0 N–H and O–H groups in total. The van der Waals surface area contributed by atoms with E-state index in [0.717, 1.165) is 4.31 Å². The van der Waals surface area contributed by atoms with Crippen molar-refractivity contribution in [3.05, 3.63) is 12.7 Å². The predicted molar refractivity (Wildman–Crippen MR) is 37.7 cm³/mol. The summed E-state index contributed by atoms with van der Waals surface area (Å²) >= 11 is 0. The zero-order valence-corrected chi connectivity index (χ0v) is 6.57. The van der Waals surface area contributed by atoms with E-state index in [1.165, 1.54) is 13.1 Å². The first-order valence-corrected chi connectivity index (χ1v) is 4.26. The SMILES string of the molecule is C=CCN(C)S(=O)(=O)CF. The highest BCUT2D eigenvalue weighted by molar-refractivity contribution is 7.88. The molecule has 0 aliphatic rings. The molecular weight excluding hydrogens is 157 g/mol. The summed E-state index contributed by atoms with van der Waals surface area (Å²) in [4.78, 5) is 0. The molecule has 0 unspecified atom stereocenters. The van der Waals surface area contributed by atoms with Crippen LogP contribution >= 0.6 is 0 Å². The van der Waals surface area contributed by atoms with Crippen LogP contribution < -0.4 is 0 Å². The highest BCUT2D eigenvalue weighted by Crippen LogP contribution is 1.97. The molecule has 0 fully saturated rings. The topological polar surface area (TPSA) is 37.4 Å². The quantitative estimate of drug-likeness (QED) is 0.567. The number of nitrogens with zero attached hydrogens (tertiary/aromatic N) is 1. The Hall–Kier alpha value is -0.420. The average Bonchev–Trinajstić information content (AvgIpc) is 1.89. The van der Waals surface area contributed by atoms with Crippen molar-refractivity contribution < 1.29 is 12.8 Å². The van der Waals surface area contributed by atoms with E-state index in [1.54, 1.807) is 0 Å². The first-order valence-electron chi connectivity index (χ1n) is 2.65. The van der Waals surface area contributed by atoms with Gasteiger partial charge in [0.2, 0.25) is 16.0 Å². The average molecular weight is 167 g/mol. The van der Waals surface area contributed by atoms with E-state index < -0.39 is 16.0 Å². The number of halogens is 1. The molecule has 0 amide bonds. The Morgan fingerprint density at radius 1 is 1.70 bits per heavy atom. The van der Waals surface area contributed by atoms with Gasteiger partial charge in [0, 0.05) is 13.6 Å². The van der Waals surface area contributed by atoms with Gasteiger partial charge in [0.05, 0.1) is 0 Å². The van der Waals surface area contributed by atoms with Crippen LogP contribution in [0, 0.1) is 0 Å². The van der Waals surface area contributed by atoms with E-state index >= 15 is 0 Å². The molecule has 0 aromatic carbocycles. The number of hydrogen-bond acceptors (Lipinski definition) is 2. The fraction of sp³-hybridized carbons (Fsp3) is 0.600. The van der Waals surface area contributed by atoms with E-state index in [-0.39, 0.29) is 6.54 Å². The second-order valence-electron chi connectivity index (χ2n) is 1.79. The Labute approximate surface area is 60.2 Å². The molecule has 0 saturated heterocycles. The van der Waals surface area contributed by atoms with Crippen molar-refractivity contribution in [3.8, 4) is 0 Å². The van der Waals surface area contributed by atoms with Crippen LogP contribution in [0.15, 0.2) is 12.7 Å². The minimum Gasteiger partial charge on any atom is -0.232 e. The summed E-state index contributed by atoms with van der Waals surface area (Å²) < 4.78 is 33.8. The van der Waals surface area contributed by atoms with Crippen LogP contribution in [-0.2, 0) is 10.0 Å². The molecule has 0 rings (SSSR count). The fourth-order valence-electron chi connectivity index (χ4n) is 0.379. The summed E-state index contributed by atoms with van der Waals surface area (Å²) in [5, 5.41) is 0. The van der Waals surface area contributed by atoms with Crippen molar-refractivity contribution >= 4 is 10.0 Å². The lowest BCUT2D eigenvalue weighted by Crippen LogP contribution is -2.27. The third-order valence-corrected chi connectivity index (χ3v) is 2.37. The number of sulfonamides is 1. The monoisotopic (exact) mass is 167 g/mol. The molecule has 5 heteroatoms. The van der Waals surface area contributed by atoms with Crippen LogP contribution in [0.3, 0.4) is 0 Å². The Bertz CT molecular complexity index is 200. The molecular formula is C5H10FNO2S. The van der Waals surface area contributed by atoms with Crippen molar-refractivity contribution in [2.75, 3.05) is 19.6 Å². The van der Waals surface area contributed by atoms with Crippen LogP contribution in [0.2, 0.25) is 0 Å². The van der Waals surface area contributed by atoms with E-state index in [2.05, 4.69) is 6.58 Å². The van der Waals surface area contributed by atoms with Crippen molar-refractivity contribution in [1.29, 1.82) is 0 Å². The molecule has 0 saturated carbocycles. The third kappa shape index (κ3) is 2.45. The van der Waals surface area contributed by atoms with E-state index in [4.69, 9.17) is 0 Å². The highest BCUT2D eigenvalue weighted by Gasteiger charge is 2.14. The van der Waals surface area contributed by atoms with Gasteiger partial charge in [0.1, 0.15) is 0 Å².